The fourth-order valence-electron chi connectivity index (χ4n) is 2.65. The second-order valence-corrected chi connectivity index (χ2v) is 5.31. The van der Waals surface area contributed by atoms with E-state index in [1.807, 2.05) is 32.0 Å². The van der Waals surface area contributed by atoms with Gasteiger partial charge in [-0.2, -0.15) is 0 Å². The molecule has 0 aliphatic heterocycles. The third kappa shape index (κ3) is 5.33. The number of hydrogen-bond acceptors (Lipinski definition) is 2. The van der Waals surface area contributed by atoms with Crippen molar-refractivity contribution in [1.82, 2.24) is 4.90 Å². The molecule has 1 aromatic carbocycles. The van der Waals surface area contributed by atoms with E-state index in [1.54, 1.807) is 0 Å². The van der Waals surface area contributed by atoms with Gasteiger partial charge in [0.15, 0.2) is 0 Å². The number of rotatable bonds is 7. The number of hydrogen-bond donors (Lipinski definition) is 1. The van der Waals surface area contributed by atoms with Crippen LogP contribution in [0.25, 0.3) is 0 Å². The van der Waals surface area contributed by atoms with Crippen molar-refractivity contribution in [3.8, 4) is 0 Å². The topological polar surface area (TPSA) is 32.3 Å². The Balaban J connectivity index is 0.00000400. The van der Waals surface area contributed by atoms with Gasteiger partial charge in [-0.15, -0.1) is 12.4 Å². The summed E-state index contributed by atoms with van der Waals surface area (Å²) >= 11 is 0. The fraction of sp³-hybridized carbons (Fsp3) is 0.588. The number of halogens is 1. The largest absolute Gasteiger partial charge is 0.324 e. The van der Waals surface area contributed by atoms with Crippen molar-refractivity contribution in [1.29, 1.82) is 0 Å². The normalized spacial score (nSPS) is 11.9. The molecule has 0 heterocycles. The van der Waals surface area contributed by atoms with Gasteiger partial charge in [-0.1, -0.05) is 39.0 Å². The van der Waals surface area contributed by atoms with E-state index in [9.17, 15) is 4.79 Å². The molecule has 0 aliphatic carbocycles. The van der Waals surface area contributed by atoms with Crippen molar-refractivity contribution in [3.05, 3.63) is 29.3 Å². The molecule has 0 aliphatic rings. The predicted octanol–water partition coefficient (Wildman–Crippen LogP) is 4.17. The quantitative estimate of drug-likeness (QED) is 0.819. The molecule has 1 rings (SSSR count). The van der Waals surface area contributed by atoms with Crippen LogP contribution in [0.3, 0.4) is 0 Å². The second kappa shape index (κ2) is 9.80. The first-order valence-electron chi connectivity index (χ1n) is 7.66. The Hall–Kier alpha value is -1.06. The summed E-state index contributed by atoms with van der Waals surface area (Å²) in [7, 11) is 0. The Kier molecular flexibility index (Phi) is 9.31. The first-order chi connectivity index (χ1) is 9.54. The van der Waals surface area contributed by atoms with Crippen LogP contribution < -0.4 is 5.32 Å². The molecule has 1 amide bonds. The van der Waals surface area contributed by atoms with E-state index in [-0.39, 0.29) is 24.4 Å². The highest BCUT2D eigenvalue weighted by Gasteiger charge is 2.23. The van der Waals surface area contributed by atoms with Crippen LogP contribution in [0.4, 0.5) is 5.69 Å². The van der Waals surface area contributed by atoms with Crippen molar-refractivity contribution < 1.29 is 4.79 Å². The van der Waals surface area contributed by atoms with Crippen LogP contribution in [0.2, 0.25) is 0 Å². The lowest BCUT2D eigenvalue weighted by molar-refractivity contribution is -0.121. The maximum atomic E-state index is 12.6. The minimum absolute atomic E-state index is 0. The Morgan fingerprint density at radius 2 is 1.76 bits per heavy atom. The zero-order valence-corrected chi connectivity index (χ0v) is 14.7. The highest BCUT2D eigenvalue weighted by Crippen LogP contribution is 2.20. The van der Waals surface area contributed by atoms with E-state index < -0.39 is 0 Å². The van der Waals surface area contributed by atoms with Gasteiger partial charge in [0.25, 0.3) is 0 Å². The highest BCUT2D eigenvalue weighted by atomic mass is 35.5. The van der Waals surface area contributed by atoms with Crippen molar-refractivity contribution in [3.63, 3.8) is 0 Å². The first kappa shape index (κ1) is 19.9. The third-order valence-electron chi connectivity index (χ3n) is 3.78. The van der Waals surface area contributed by atoms with Gasteiger partial charge < -0.3 is 5.32 Å². The lowest BCUT2D eigenvalue weighted by Gasteiger charge is -2.29. The van der Waals surface area contributed by atoms with E-state index in [1.165, 1.54) is 0 Å². The number of benzene rings is 1. The maximum absolute atomic E-state index is 12.6. The summed E-state index contributed by atoms with van der Waals surface area (Å²) in [6.07, 6.45) is 1.91. The Labute approximate surface area is 135 Å². The van der Waals surface area contributed by atoms with Gasteiger partial charge in [0.1, 0.15) is 0 Å². The summed E-state index contributed by atoms with van der Waals surface area (Å²) < 4.78 is 0. The number of aryl methyl sites for hydroxylation is 2. The van der Waals surface area contributed by atoms with Gasteiger partial charge in [-0.05, 0) is 50.9 Å². The van der Waals surface area contributed by atoms with E-state index in [0.29, 0.717) is 0 Å². The third-order valence-corrected chi connectivity index (χ3v) is 3.78. The summed E-state index contributed by atoms with van der Waals surface area (Å²) in [4.78, 5) is 14.8. The van der Waals surface area contributed by atoms with E-state index in [2.05, 4.69) is 31.0 Å². The molecular weight excluding hydrogens is 284 g/mol. The monoisotopic (exact) mass is 312 g/mol. The van der Waals surface area contributed by atoms with Gasteiger partial charge in [0, 0.05) is 5.69 Å². The molecule has 0 saturated carbocycles. The lowest BCUT2D eigenvalue weighted by Crippen LogP contribution is -2.44. The molecule has 1 N–H and O–H groups in total. The summed E-state index contributed by atoms with van der Waals surface area (Å²) in [5.41, 5.74) is 3.20. The summed E-state index contributed by atoms with van der Waals surface area (Å²) in [6, 6.07) is 6.05. The Morgan fingerprint density at radius 3 is 2.19 bits per heavy atom. The number of nitrogens with zero attached hydrogens (tertiary/aromatic N) is 1. The number of likely N-dealkylation sites (N-methyl/N-ethyl adjacent to an activating group) is 1. The SMILES string of the molecule is CCCN(CC)C(CC)C(=O)Nc1c(C)cccc1C.Cl. The fourth-order valence-corrected chi connectivity index (χ4v) is 2.65. The van der Waals surface area contributed by atoms with Crippen molar-refractivity contribution in [2.45, 2.75) is 53.5 Å². The van der Waals surface area contributed by atoms with Crippen molar-refractivity contribution in [2.75, 3.05) is 18.4 Å². The molecule has 0 fully saturated rings. The average Bonchev–Trinajstić information content (AvgIpc) is 2.42. The summed E-state index contributed by atoms with van der Waals surface area (Å²) in [5, 5.41) is 3.12. The zero-order valence-electron chi connectivity index (χ0n) is 13.9. The van der Waals surface area contributed by atoms with Crippen molar-refractivity contribution in [2.24, 2.45) is 0 Å². The molecule has 4 heteroatoms. The van der Waals surface area contributed by atoms with Crippen LogP contribution in [0.1, 0.15) is 44.7 Å². The number of amides is 1. The number of para-hydroxylation sites is 1. The molecule has 0 aromatic heterocycles. The van der Waals surface area contributed by atoms with Crippen LogP contribution in [-0.4, -0.2) is 29.9 Å². The molecule has 1 unspecified atom stereocenters. The molecule has 0 saturated heterocycles. The molecule has 21 heavy (non-hydrogen) atoms. The molecule has 0 spiro atoms. The number of carbonyl (C=O) groups is 1. The first-order valence-corrected chi connectivity index (χ1v) is 7.66. The molecule has 3 nitrogen and oxygen atoms in total. The molecule has 1 aromatic rings. The highest BCUT2D eigenvalue weighted by molar-refractivity contribution is 5.96. The second-order valence-electron chi connectivity index (χ2n) is 5.31. The summed E-state index contributed by atoms with van der Waals surface area (Å²) in [6.45, 7) is 12.3. The smallest absolute Gasteiger partial charge is 0.241 e. The minimum Gasteiger partial charge on any atom is -0.324 e. The molecule has 1 atom stereocenters. The van der Waals surface area contributed by atoms with Gasteiger partial charge >= 0.3 is 0 Å². The molecule has 0 radical (unpaired) electrons. The predicted molar refractivity (Wildman–Crippen MR) is 93.4 cm³/mol. The Morgan fingerprint density at radius 1 is 1.19 bits per heavy atom. The van der Waals surface area contributed by atoms with Gasteiger partial charge in [-0.25, -0.2) is 0 Å². The van der Waals surface area contributed by atoms with Crippen molar-refractivity contribution >= 4 is 24.0 Å². The molecular formula is C17H29ClN2O. The van der Waals surface area contributed by atoms with Crippen LogP contribution in [-0.2, 0) is 4.79 Å². The van der Waals surface area contributed by atoms with Crippen LogP contribution in [0, 0.1) is 13.8 Å². The van der Waals surface area contributed by atoms with Crippen LogP contribution in [0.15, 0.2) is 18.2 Å². The molecule has 0 bridgehead atoms. The van der Waals surface area contributed by atoms with Gasteiger partial charge in [0.05, 0.1) is 6.04 Å². The Bertz CT molecular complexity index is 428. The minimum atomic E-state index is -0.0426. The molecule has 120 valence electrons. The number of carbonyl (C=O) groups excluding carboxylic acids is 1. The van der Waals surface area contributed by atoms with Crippen LogP contribution >= 0.6 is 12.4 Å². The number of anilines is 1. The average molecular weight is 313 g/mol. The van der Waals surface area contributed by atoms with E-state index in [0.717, 1.165) is 42.7 Å². The number of nitrogens with one attached hydrogen (secondary N) is 1. The van der Waals surface area contributed by atoms with Gasteiger partial charge in [0.2, 0.25) is 5.91 Å². The van der Waals surface area contributed by atoms with E-state index >= 15 is 0 Å². The van der Waals surface area contributed by atoms with E-state index in [4.69, 9.17) is 0 Å². The zero-order chi connectivity index (χ0) is 15.1. The maximum Gasteiger partial charge on any atom is 0.241 e. The van der Waals surface area contributed by atoms with Gasteiger partial charge in [-0.3, -0.25) is 9.69 Å². The van der Waals surface area contributed by atoms with Crippen LogP contribution in [0.5, 0.6) is 0 Å². The standard InChI is InChI=1S/C17H28N2O.ClH/c1-6-12-19(8-3)15(7-2)17(20)18-16-13(4)10-9-11-14(16)5;/h9-11,15H,6-8,12H2,1-5H3,(H,18,20);1H. The lowest BCUT2D eigenvalue weighted by atomic mass is 10.1. The summed E-state index contributed by atoms with van der Waals surface area (Å²) in [5.74, 6) is 0.111.